The lowest BCUT2D eigenvalue weighted by Gasteiger charge is -2.55. The molecular formula is C21H33N3O. The fraction of sp³-hybridized carbons (Fsp3) is 0.667. The summed E-state index contributed by atoms with van der Waals surface area (Å²) in [6, 6.07) is 10.7. The van der Waals surface area contributed by atoms with Crippen LogP contribution in [0.15, 0.2) is 30.3 Å². The molecule has 1 unspecified atom stereocenters. The summed E-state index contributed by atoms with van der Waals surface area (Å²) in [5.41, 5.74) is 7.23. The van der Waals surface area contributed by atoms with Gasteiger partial charge in [0.2, 0.25) is 5.91 Å². The van der Waals surface area contributed by atoms with Crippen LogP contribution < -0.4 is 5.73 Å². The van der Waals surface area contributed by atoms with Crippen LogP contribution in [0, 0.1) is 5.92 Å². The number of rotatable bonds is 3. The highest BCUT2D eigenvalue weighted by Crippen LogP contribution is 2.39. The predicted molar refractivity (Wildman–Crippen MR) is 102 cm³/mol. The van der Waals surface area contributed by atoms with E-state index in [1.54, 1.807) is 0 Å². The fourth-order valence-corrected chi connectivity index (χ4v) is 5.16. The molecule has 0 aromatic heterocycles. The molecule has 2 fully saturated rings. The lowest BCUT2D eigenvalue weighted by molar-refractivity contribution is -0.153. The van der Waals surface area contributed by atoms with Crippen molar-refractivity contribution in [3.63, 3.8) is 0 Å². The van der Waals surface area contributed by atoms with Crippen molar-refractivity contribution in [2.45, 2.75) is 70.6 Å². The Morgan fingerprint density at radius 3 is 2.32 bits per heavy atom. The van der Waals surface area contributed by atoms with Crippen molar-refractivity contribution in [3.05, 3.63) is 35.9 Å². The van der Waals surface area contributed by atoms with Crippen molar-refractivity contribution in [2.24, 2.45) is 11.7 Å². The third-order valence-electron chi connectivity index (χ3n) is 5.83. The molecule has 2 heterocycles. The van der Waals surface area contributed by atoms with E-state index in [9.17, 15) is 4.79 Å². The molecule has 0 bridgehead atoms. The lowest BCUT2D eigenvalue weighted by Crippen LogP contribution is -2.66. The standard InChI is InChI=1S/C21H33N3O/c1-20(2)12-18(22)13-21(3,4)24(20)19(25)17-10-11-23(15-17)14-16-8-6-5-7-9-16/h5-9,17-18H,10-15,22H2,1-4H3. The van der Waals surface area contributed by atoms with Gasteiger partial charge in [0.05, 0.1) is 5.92 Å². The van der Waals surface area contributed by atoms with Crippen LogP contribution in [0.1, 0.15) is 52.5 Å². The number of nitrogens with zero attached hydrogens (tertiary/aromatic N) is 2. The van der Waals surface area contributed by atoms with Crippen LogP contribution in [0.25, 0.3) is 0 Å². The van der Waals surface area contributed by atoms with Crippen LogP contribution in [0.5, 0.6) is 0 Å². The van der Waals surface area contributed by atoms with E-state index in [-0.39, 0.29) is 23.0 Å². The molecule has 0 spiro atoms. The smallest absolute Gasteiger partial charge is 0.227 e. The van der Waals surface area contributed by atoms with E-state index in [1.165, 1.54) is 5.56 Å². The van der Waals surface area contributed by atoms with E-state index < -0.39 is 0 Å². The molecule has 4 heteroatoms. The Hall–Kier alpha value is -1.39. The molecule has 2 saturated heterocycles. The summed E-state index contributed by atoms with van der Waals surface area (Å²) in [7, 11) is 0. The van der Waals surface area contributed by atoms with Crippen molar-refractivity contribution in [3.8, 4) is 0 Å². The summed E-state index contributed by atoms with van der Waals surface area (Å²) in [4.78, 5) is 18.0. The summed E-state index contributed by atoms with van der Waals surface area (Å²) in [6.45, 7) is 11.5. The Labute approximate surface area is 152 Å². The largest absolute Gasteiger partial charge is 0.332 e. The van der Waals surface area contributed by atoms with Gasteiger partial charge >= 0.3 is 0 Å². The minimum atomic E-state index is -0.175. The van der Waals surface area contributed by atoms with Crippen molar-refractivity contribution in [1.82, 2.24) is 9.80 Å². The Morgan fingerprint density at radius 1 is 1.12 bits per heavy atom. The third kappa shape index (κ3) is 3.90. The molecule has 0 radical (unpaired) electrons. The molecule has 138 valence electrons. The second-order valence-electron chi connectivity index (χ2n) is 9.17. The van der Waals surface area contributed by atoms with E-state index in [0.29, 0.717) is 5.91 Å². The molecule has 2 N–H and O–H groups in total. The van der Waals surface area contributed by atoms with Crippen molar-refractivity contribution in [2.75, 3.05) is 13.1 Å². The first kappa shape index (κ1) is 18.4. The maximum Gasteiger partial charge on any atom is 0.227 e. The topological polar surface area (TPSA) is 49.6 Å². The van der Waals surface area contributed by atoms with Gasteiger partial charge in [-0.3, -0.25) is 9.69 Å². The Bertz CT molecular complexity index is 593. The summed E-state index contributed by atoms with van der Waals surface area (Å²) in [5, 5.41) is 0. The Morgan fingerprint density at radius 2 is 1.72 bits per heavy atom. The van der Waals surface area contributed by atoms with Gasteiger partial charge < -0.3 is 10.6 Å². The maximum atomic E-state index is 13.4. The van der Waals surface area contributed by atoms with Gasteiger partial charge in [-0.25, -0.2) is 0 Å². The van der Waals surface area contributed by atoms with Gasteiger partial charge in [-0.05, 0) is 59.1 Å². The van der Waals surface area contributed by atoms with E-state index in [1.807, 2.05) is 6.07 Å². The summed E-state index contributed by atoms with van der Waals surface area (Å²) in [6.07, 6.45) is 2.71. The van der Waals surface area contributed by atoms with Crippen LogP contribution in [0.4, 0.5) is 0 Å². The zero-order valence-electron chi connectivity index (χ0n) is 16.2. The van der Waals surface area contributed by atoms with Gasteiger partial charge in [0.1, 0.15) is 0 Å². The van der Waals surface area contributed by atoms with Gasteiger partial charge in [-0.2, -0.15) is 0 Å². The molecular weight excluding hydrogens is 310 g/mol. The third-order valence-corrected chi connectivity index (χ3v) is 5.83. The zero-order chi connectivity index (χ0) is 18.2. The van der Waals surface area contributed by atoms with E-state index in [4.69, 9.17) is 5.73 Å². The molecule has 1 atom stereocenters. The first-order chi connectivity index (χ1) is 11.7. The van der Waals surface area contributed by atoms with Crippen LogP contribution in [-0.4, -0.2) is 45.9 Å². The molecule has 0 saturated carbocycles. The Balaban J connectivity index is 1.69. The normalized spacial score (nSPS) is 26.8. The van der Waals surface area contributed by atoms with Gasteiger partial charge in [-0.1, -0.05) is 30.3 Å². The SMILES string of the molecule is CC1(C)CC(N)CC(C)(C)N1C(=O)C1CCN(Cc2ccccc2)C1. The van der Waals surface area contributed by atoms with Crippen LogP contribution in [0.2, 0.25) is 0 Å². The monoisotopic (exact) mass is 343 g/mol. The summed E-state index contributed by atoms with van der Waals surface area (Å²) >= 11 is 0. The number of carbonyl (C=O) groups is 1. The number of hydrogen-bond acceptors (Lipinski definition) is 3. The second kappa shape index (κ2) is 6.73. The fourth-order valence-electron chi connectivity index (χ4n) is 5.16. The minimum Gasteiger partial charge on any atom is -0.332 e. The number of benzene rings is 1. The number of nitrogens with two attached hydrogens (primary N) is 1. The highest BCUT2D eigenvalue weighted by Gasteiger charge is 2.48. The molecule has 2 aliphatic rings. The van der Waals surface area contributed by atoms with Crippen LogP contribution in [0.3, 0.4) is 0 Å². The van der Waals surface area contributed by atoms with Crippen molar-refractivity contribution in [1.29, 1.82) is 0 Å². The summed E-state index contributed by atoms with van der Waals surface area (Å²) < 4.78 is 0. The molecule has 2 aliphatic heterocycles. The number of likely N-dealkylation sites (tertiary alicyclic amines) is 2. The van der Waals surface area contributed by atoms with Gasteiger partial charge in [-0.15, -0.1) is 0 Å². The number of piperidine rings is 1. The average Bonchev–Trinajstić information content (AvgIpc) is 2.93. The predicted octanol–water partition coefficient (Wildman–Crippen LogP) is 3.02. The second-order valence-corrected chi connectivity index (χ2v) is 9.17. The van der Waals surface area contributed by atoms with E-state index in [2.05, 4.69) is 61.8 Å². The highest BCUT2D eigenvalue weighted by atomic mass is 16.2. The average molecular weight is 344 g/mol. The number of carbonyl (C=O) groups excluding carboxylic acids is 1. The van der Waals surface area contributed by atoms with Crippen LogP contribution in [-0.2, 0) is 11.3 Å². The molecule has 0 aliphatic carbocycles. The van der Waals surface area contributed by atoms with Gasteiger partial charge in [0.25, 0.3) is 0 Å². The molecule has 25 heavy (non-hydrogen) atoms. The lowest BCUT2D eigenvalue weighted by atomic mass is 9.76. The van der Waals surface area contributed by atoms with Gasteiger partial charge in [0, 0.05) is 30.2 Å². The summed E-state index contributed by atoms with van der Waals surface area (Å²) in [5.74, 6) is 0.425. The highest BCUT2D eigenvalue weighted by molar-refractivity contribution is 5.81. The molecule has 1 amide bonds. The first-order valence-corrected chi connectivity index (χ1v) is 9.55. The van der Waals surface area contributed by atoms with Crippen LogP contribution >= 0.6 is 0 Å². The van der Waals surface area contributed by atoms with Crippen molar-refractivity contribution >= 4 is 5.91 Å². The van der Waals surface area contributed by atoms with Crippen molar-refractivity contribution < 1.29 is 4.79 Å². The first-order valence-electron chi connectivity index (χ1n) is 9.55. The molecule has 1 aromatic carbocycles. The van der Waals surface area contributed by atoms with E-state index >= 15 is 0 Å². The molecule has 1 aromatic rings. The molecule has 3 rings (SSSR count). The quantitative estimate of drug-likeness (QED) is 0.918. The number of amides is 1. The van der Waals surface area contributed by atoms with Gasteiger partial charge in [0.15, 0.2) is 0 Å². The number of hydrogen-bond donors (Lipinski definition) is 1. The molecule has 4 nitrogen and oxygen atoms in total. The maximum absolute atomic E-state index is 13.4. The van der Waals surface area contributed by atoms with E-state index in [0.717, 1.165) is 38.9 Å². The minimum absolute atomic E-state index is 0.108. The Kier molecular flexibility index (Phi) is 4.95. The zero-order valence-corrected chi connectivity index (χ0v) is 16.2.